The van der Waals surface area contributed by atoms with Gasteiger partial charge in [-0.2, -0.15) is 0 Å². The fourth-order valence-electron chi connectivity index (χ4n) is 0.283. The van der Waals surface area contributed by atoms with Crippen LogP contribution >= 0.6 is 15.9 Å². The standard InChI is InChI=1S/C4H9BrO2S/c1-4(5)2-3-8(6)7/h4,8H,2-3H2,1H3. The van der Waals surface area contributed by atoms with Gasteiger partial charge in [-0.05, 0) is 6.42 Å². The second-order valence-electron chi connectivity index (χ2n) is 1.63. The van der Waals surface area contributed by atoms with Crippen LogP contribution in [0.25, 0.3) is 0 Å². The second-order valence-corrected chi connectivity index (χ2v) is 4.30. The minimum atomic E-state index is -2.16. The molecule has 0 heterocycles. The first-order valence-corrected chi connectivity index (χ1v) is 4.66. The predicted molar refractivity (Wildman–Crippen MR) is 38.2 cm³/mol. The molecule has 0 fully saturated rings. The van der Waals surface area contributed by atoms with Gasteiger partial charge >= 0.3 is 0 Å². The van der Waals surface area contributed by atoms with Crippen LogP contribution in [0.4, 0.5) is 0 Å². The molecule has 0 aliphatic carbocycles. The van der Waals surface area contributed by atoms with Crippen LogP contribution in [0.2, 0.25) is 0 Å². The highest BCUT2D eigenvalue weighted by molar-refractivity contribution is 9.09. The minimum Gasteiger partial charge on any atom is -0.232 e. The van der Waals surface area contributed by atoms with Crippen molar-refractivity contribution in [1.29, 1.82) is 0 Å². The highest BCUT2D eigenvalue weighted by Crippen LogP contribution is 2.01. The summed E-state index contributed by atoms with van der Waals surface area (Å²) in [7, 11) is -2.16. The zero-order valence-electron chi connectivity index (χ0n) is 4.63. The summed E-state index contributed by atoms with van der Waals surface area (Å²) in [5.41, 5.74) is 0. The van der Waals surface area contributed by atoms with Gasteiger partial charge in [-0.3, -0.25) is 0 Å². The number of thiol groups is 1. The summed E-state index contributed by atoms with van der Waals surface area (Å²) in [5, 5.41) is 0. The average Bonchev–Trinajstić information content (AvgIpc) is 1.61. The average molecular weight is 201 g/mol. The summed E-state index contributed by atoms with van der Waals surface area (Å²) in [6.45, 7) is 1.93. The summed E-state index contributed by atoms with van der Waals surface area (Å²) in [6.07, 6.45) is 0.707. The van der Waals surface area contributed by atoms with Crippen LogP contribution in [-0.2, 0) is 10.7 Å². The first-order valence-electron chi connectivity index (χ1n) is 2.39. The Kier molecular flexibility index (Phi) is 4.56. The zero-order chi connectivity index (χ0) is 6.57. The van der Waals surface area contributed by atoms with Gasteiger partial charge in [-0.25, -0.2) is 8.42 Å². The van der Waals surface area contributed by atoms with Gasteiger partial charge < -0.3 is 0 Å². The molecule has 0 saturated carbocycles. The van der Waals surface area contributed by atoms with E-state index in [0.717, 1.165) is 0 Å². The van der Waals surface area contributed by atoms with E-state index in [2.05, 4.69) is 15.9 Å². The fourth-order valence-corrected chi connectivity index (χ4v) is 1.46. The minimum absolute atomic E-state index is 0.293. The zero-order valence-corrected chi connectivity index (χ0v) is 7.11. The Morgan fingerprint density at radius 3 is 2.25 bits per heavy atom. The lowest BCUT2D eigenvalue weighted by molar-refractivity contribution is 0.612. The number of hydrogen-bond acceptors (Lipinski definition) is 2. The summed E-state index contributed by atoms with van der Waals surface area (Å²) in [6, 6.07) is 0. The molecule has 0 spiro atoms. The number of rotatable bonds is 3. The largest absolute Gasteiger partial charge is 0.232 e. The van der Waals surface area contributed by atoms with Crippen molar-refractivity contribution in [2.45, 2.75) is 18.2 Å². The van der Waals surface area contributed by atoms with Crippen LogP contribution in [0.5, 0.6) is 0 Å². The maximum absolute atomic E-state index is 9.92. The first-order chi connectivity index (χ1) is 3.63. The fraction of sp³-hybridized carbons (Fsp3) is 1.00. The highest BCUT2D eigenvalue weighted by atomic mass is 79.9. The SMILES string of the molecule is CC(Br)CC[SH](=O)=O. The van der Waals surface area contributed by atoms with Crippen molar-refractivity contribution >= 4 is 26.6 Å². The maximum atomic E-state index is 9.92. The molecule has 0 aromatic heterocycles. The molecule has 0 saturated heterocycles. The van der Waals surface area contributed by atoms with E-state index in [1.807, 2.05) is 6.92 Å². The Morgan fingerprint density at radius 1 is 1.62 bits per heavy atom. The summed E-state index contributed by atoms with van der Waals surface area (Å²) >= 11 is 3.24. The Balaban J connectivity index is 3.18. The number of halogens is 1. The van der Waals surface area contributed by atoms with Gasteiger partial charge in [0, 0.05) is 10.6 Å². The van der Waals surface area contributed by atoms with E-state index in [9.17, 15) is 8.42 Å². The quantitative estimate of drug-likeness (QED) is 0.540. The van der Waals surface area contributed by atoms with Gasteiger partial charge in [0.15, 0.2) is 0 Å². The molecule has 1 atom stereocenters. The van der Waals surface area contributed by atoms with Crippen LogP contribution in [0, 0.1) is 0 Å². The van der Waals surface area contributed by atoms with E-state index in [-0.39, 0.29) is 0 Å². The third-order valence-corrected chi connectivity index (χ3v) is 1.79. The molecule has 0 aliphatic rings. The molecule has 0 amide bonds. The molecule has 0 aliphatic heterocycles. The molecular formula is C4H9BrO2S. The van der Waals surface area contributed by atoms with Crippen molar-refractivity contribution < 1.29 is 8.42 Å². The Labute approximate surface area is 59.4 Å². The van der Waals surface area contributed by atoms with Gasteiger partial charge in [0.25, 0.3) is 0 Å². The molecule has 8 heavy (non-hydrogen) atoms. The van der Waals surface area contributed by atoms with Gasteiger partial charge in [-0.15, -0.1) is 0 Å². The van der Waals surface area contributed by atoms with E-state index in [1.165, 1.54) is 0 Å². The van der Waals surface area contributed by atoms with Crippen molar-refractivity contribution in [2.24, 2.45) is 0 Å². The van der Waals surface area contributed by atoms with Crippen LogP contribution in [0.1, 0.15) is 13.3 Å². The van der Waals surface area contributed by atoms with Gasteiger partial charge in [0.2, 0.25) is 0 Å². The monoisotopic (exact) mass is 200 g/mol. The molecule has 2 nitrogen and oxygen atoms in total. The second kappa shape index (κ2) is 4.32. The number of hydrogen-bond donors (Lipinski definition) is 1. The van der Waals surface area contributed by atoms with Gasteiger partial charge in [0.05, 0.1) is 0 Å². The van der Waals surface area contributed by atoms with E-state index in [4.69, 9.17) is 0 Å². The van der Waals surface area contributed by atoms with E-state index >= 15 is 0 Å². The van der Waals surface area contributed by atoms with Crippen molar-refractivity contribution in [3.05, 3.63) is 0 Å². The summed E-state index contributed by atoms with van der Waals surface area (Å²) in [4.78, 5) is 0.315. The summed E-state index contributed by atoms with van der Waals surface area (Å²) in [5.74, 6) is 0.293. The van der Waals surface area contributed by atoms with Crippen LogP contribution in [0.15, 0.2) is 0 Å². The molecule has 0 aromatic rings. The Bertz CT molecular complexity index is 111. The molecule has 0 N–H and O–H groups in total. The molecule has 4 heteroatoms. The first kappa shape index (κ1) is 8.43. The van der Waals surface area contributed by atoms with Crippen molar-refractivity contribution in [1.82, 2.24) is 0 Å². The van der Waals surface area contributed by atoms with Crippen LogP contribution in [0.3, 0.4) is 0 Å². The third kappa shape index (κ3) is 6.43. The maximum Gasteiger partial charge on any atom is 0.140 e. The van der Waals surface area contributed by atoms with Gasteiger partial charge in [-0.1, -0.05) is 22.9 Å². The lowest BCUT2D eigenvalue weighted by Crippen LogP contribution is -1.95. The third-order valence-electron chi connectivity index (χ3n) is 0.709. The van der Waals surface area contributed by atoms with Crippen LogP contribution < -0.4 is 0 Å². The van der Waals surface area contributed by atoms with E-state index in [1.54, 1.807) is 0 Å². The highest BCUT2D eigenvalue weighted by Gasteiger charge is 1.94. The molecular weight excluding hydrogens is 192 g/mol. The lowest BCUT2D eigenvalue weighted by Gasteiger charge is -1.93. The molecule has 1 unspecified atom stereocenters. The molecule has 0 radical (unpaired) electrons. The Hall–Kier alpha value is 0.430. The van der Waals surface area contributed by atoms with E-state index in [0.29, 0.717) is 17.0 Å². The van der Waals surface area contributed by atoms with Crippen molar-refractivity contribution in [2.75, 3.05) is 5.75 Å². The predicted octanol–water partition coefficient (Wildman–Crippen LogP) is 0.771. The topological polar surface area (TPSA) is 34.1 Å². The van der Waals surface area contributed by atoms with E-state index < -0.39 is 10.7 Å². The normalized spacial score (nSPS) is 14.4. The molecule has 50 valence electrons. The molecule has 0 rings (SSSR count). The molecule has 0 aromatic carbocycles. The van der Waals surface area contributed by atoms with Gasteiger partial charge in [0.1, 0.15) is 10.7 Å². The smallest absolute Gasteiger partial charge is 0.140 e. The molecule has 0 bridgehead atoms. The van der Waals surface area contributed by atoms with Crippen molar-refractivity contribution in [3.8, 4) is 0 Å². The van der Waals surface area contributed by atoms with Crippen molar-refractivity contribution in [3.63, 3.8) is 0 Å². The lowest BCUT2D eigenvalue weighted by atomic mass is 10.4. The summed E-state index contributed by atoms with van der Waals surface area (Å²) < 4.78 is 19.8. The van der Waals surface area contributed by atoms with Crippen LogP contribution in [-0.4, -0.2) is 19.0 Å². The Morgan fingerprint density at radius 2 is 2.12 bits per heavy atom. The number of alkyl halides is 1.